The number of anilines is 1. The predicted molar refractivity (Wildman–Crippen MR) is 88.1 cm³/mol. The molecule has 0 heterocycles. The third-order valence-corrected chi connectivity index (χ3v) is 6.82. The zero-order valence-electron chi connectivity index (χ0n) is 12.5. The summed E-state index contributed by atoms with van der Waals surface area (Å²) in [4.78, 5) is 0. The first-order valence-electron chi connectivity index (χ1n) is 8.17. The molecule has 0 spiro atoms. The Kier molecular flexibility index (Phi) is 3.14. The Hall–Kier alpha value is -0.500. The van der Waals surface area contributed by atoms with E-state index in [0.717, 1.165) is 29.7 Å². The van der Waals surface area contributed by atoms with Gasteiger partial charge in [-0.2, -0.15) is 0 Å². The van der Waals surface area contributed by atoms with Crippen molar-refractivity contribution in [1.82, 2.24) is 0 Å². The Bertz CT molecular complexity index is 515. The lowest BCUT2D eigenvalue weighted by Gasteiger charge is -2.33. The van der Waals surface area contributed by atoms with Gasteiger partial charge in [-0.3, -0.25) is 0 Å². The molecule has 0 aliphatic heterocycles. The van der Waals surface area contributed by atoms with Gasteiger partial charge in [-0.25, -0.2) is 0 Å². The van der Waals surface area contributed by atoms with E-state index in [1.807, 2.05) is 0 Å². The molecule has 1 N–H and O–H groups in total. The molecule has 1 aromatic carbocycles. The predicted octanol–water partition coefficient (Wildman–Crippen LogP) is 5.30. The van der Waals surface area contributed by atoms with Gasteiger partial charge in [0.15, 0.2) is 0 Å². The van der Waals surface area contributed by atoms with Crippen LogP contribution in [0.3, 0.4) is 0 Å². The second kappa shape index (κ2) is 4.76. The standard InChI is InChI=1S/C18H24BrN/c1-10-6-11(2)18(16(19)7-10)20-17-9-12-8-15(17)14-5-3-4-13(12)14/h6-7,12-15,17,20H,3-5,8-9H2,1-2H3. The maximum atomic E-state index is 3.90. The van der Waals surface area contributed by atoms with Gasteiger partial charge in [-0.1, -0.05) is 12.5 Å². The largest absolute Gasteiger partial charge is 0.381 e. The topological polar surface area (TPSA) is 12.0 Å². The summed E-state index contributed by atoms with van der Waals surface area (Å²) in [7, 11) is 0. The molecule has 0 aromatic heterocycles. The number of nitrogens with one attached hydrogen (secondary N) is 1. The van der Waals surface area contributed by atoms with Crippen LogP contribution in [0.5, 0.6) is 0 Å². The maximum Gasteiger partial charge on any atom is 0.0516 e. The van der Waals surface area contributed by atoms with E-state index in [0.29, 0.717) is 0 Å². The molecule has 5 unspecified atom stereocenters. The molecular weight excluding hydrogens is 310 g/mol. The fraction of sp³-hybridized carbons (Fsp3) is 0.667. The highest BCUT2D eigenvalue weighted by atomic mass is 79.9. The molecule has 20 heavy (non-hydrogen) atoms. The van der Waals surface area contributed by atoms with Crippen molar-refractivity contribution in [3.63, 3.8) is 0 Å². The van der Waals surface area contributed by atoms with Gasteiger partial charge in [0.05, 0.1) is 5.69 Å². The molecule has 5 atom stereocenters. The Morgan fingerprint density at radius 1 is 1.05 bits per heavy atom. The highest BCUT2D eigenvalue weighted by molar-refractivity contribution is 9.10. The highest BCUT2D eigenvalue weighted by Crippen LogP contribution is 2.59. The molecular formula is C18H24BrN. The van der Waals surface area contributed by atoms with Crippen LogP contribution in [0.25, 0.3) is 0 Å². The van der Waals surface area contributed by atoms with Crippen molar-refractivity contribution in [3.8, 4) is 0 Å². The minimum absolute atomic E-state index is 0.719. The van der Waals surface area contributed by atoms with E-state index in [2.05, 4.69) is 47.2 Å². The van der Waals surface area contributed by atoms with Crippen molar-refractivity contribution >= 4 is 21.6 Å². The van der Waals surface area contributed by atoms with E-state index < -0.39 is 0 Å². The Labute approximate surface area is 130 Å². The van der Waals surface area contributed by atoms with Crippen LogP contribution in [0.1, 0.15) is 43.2 Å². The molecule has 3 aliphatic carbocycles. The van der Waals surface area contributed by atoms with Crippen LogP contribution >= 0.6 is 15.9 Å². The van der Waals surface area contributed by atoms with E-state index >= 15 is 0 Å². The number of benzene rings is 1. The molecule has 108 valence electrons. The van der Waals surface area contributed by atoms with Gasteiger partial charge < -0.3 is 5.32 Å². The molecule has 3 aliphatic rings. The molecule has 0 radical (unpaired) electrons. The molecule has 2 bridgehead atoms. The number of rotatable bonds is 2. The smallest absolute Gasteiger partial charge is 0.0516 e. The zero-order chi connectivity index (χ0) is 13.9. The van der Waals surface area contributed by atoms with Crippen LogP contribution in [0, 0.1) is 37.5 Å². The second-order valence-electron chi connectivity index (χ2n) is 7.34. The monoisotopic (exact) mass is 333 g/mol. The van der Waals surface area contributed by atoms with Gasteiger partial charge in [0.2, 0.25) is 0 Å². The average Bonchev–Trinajstić information content (AvgIpc) is 3.05. The first kappa shape index (κ1) is 13.2. The normalized spacial score (nSPS) is 38.2. The summed E-state index contributed by atoms with van der Waals surface area (Å²) in [5, 5.41) is 3.90. The minimum atomic E-state index is 0.719. The molecule has 3 fully saturated rings. The highest BCUT2D eigenvalue weighted by Gasteiger charge is 2.53. The summed E-state index contributed by atoms with van der Waals surface area (Å²) >= 11 is 3.75. The van der Waals surface area contributed by atoms with Crippen LogP contribution in [-0.2, 0) is 0 Å². The quantitative estimate of drug-likeness (QED) is 0.773. The lowest BCUT2D eigenvalue weighted by Crippen LogP contribution is -2.34. The summed E-state index contributed by atoms with van der Waals surface area (Å²) < 4.78 is 1.24. The van der Waals surface area contributed by atoms with Gasteiger partial charge in [-0.05, 0) is 96.3 Å². The number of halogens is 1. The van der Waals surface area contributed by atoms with Crippen molar-refractivity contribution in [2.24, 2.45) is 23.7 Å². The van der Waals surface area contributed by atoms with Crippen LogP contribution in [0.4, 0.5) is 5.69 Å². The van der Waals surface area contributed by atoms with Crippen molar-refractivity contribution < 1.29 is 0 Å². The van der Waals surface area contributed by atoms with Crippen molar-refractivity contribution in [1.29, 1.82) is 0 Å². The fourth-order valence-corrected chi connectivity index (χ4v) is 6.31. The minimum Gasteiger partial charge on any atom is -0.381 e. The molecule has 2 heteroatoms. The molecule has 1 nitrogen and oxygen atoms in total. The molecule has 3 saturated carbocycles. The van der Waals surface area contributed by atoms with Gasteiger partial charge in [-0.15, -0.1) is 0 Å². The van der Waals surface area contributed by atoms with Gasteiger partial charge >= 0.3 is 0 Å². The number of aryl methyl sites for hydroxylation is 2. The van der Waals surface area contributed by atoms with Crippen LogP contribution in [0.15, 0.2) is 16.6 Å². The number of hydrogen-bond donors (Lipinski definition) is 1. The van der Waals surface area contributed by atoms with E-state index in [1.165, 1.54) is 53.4 Å². The van der Waals surface area contributed by atoms with Gasteiger partial charge in [0, 0.05) is 10.5 Å². The molecule has 1 aromatic rings. The summed E-state index contributed by atoms with van der Waals surface area (Å²) in [6, 6.07) is 5.25. The van der Waals surface area contributed by atoms with Crippen LogP contribution < -0.4 is 5.32 Å². The first-order chi connectivity index (χ1) is 9.63. The second-order valence-corrected chi connectivity index (χ2v) is 8.20. The third-order valence-electron chi connectivity index (χ3n) is 6.19. The SMILES string of the molecule is Cc1cc(C)c(NC2CC3CC2C2CCCC32)c(Br)c1. The number of hydrogen-bond acceptors (Lipinski definition) is 1. The van der Waals surface area contributed by atoms with E-state index in [-0.39, 0.29) is 0 Å². The fourth-order valence-electron chi connectivity index (χ4n) is 5.52. The number of fused-ring (bicyclic) bond motifs is 5. The van der Waals surface area contributed by atoms with E-state index in [4.69, 9.17) is 0 Å². The van der Waals surface area contributed by atoms with E-state index in [9.17, 15) is 0 Å². The van der Waals surface area contributed by atoms with Crippen molar-refractivity contribution in [3.05, 3.63) is 27.7 Å². The Morgan fingerprint density at radius 3 is 2.65 bits per heavy atom. The van der Waals surface area contributed by atoms with E-state index in [1.54, 1.807) is 0 Å². The van der Waals surface area contributed by atoms with Gasteiger partial charge in [0.1, 0.15) is 0 Å². The Balaban J connectivity index is 1.56. The van der Waals surface area contributed by atoms with Crippen molar-refractivity contribution in [2.75, 3.05) is 5.32 Å². The maximum absolute atomic E-state index is 3.90. The van der Waals surface area contributed by atoms with Crippen LogP contribution in [0.2, 0.25) is 0 Å². The molecule has 4 rings (SSSR count). The first-order valence-corrected chi connectivity index (χ1v) is 8.96. The Morgan fingerprint density at radius 2 is 1.85 bits per heavy atom. The van der Waals surface area contributed by atoms with Crippen LogP contribution in [-0.4, -0.2) is 6.04 Å². The average molecular weight is 334 g/mol. The molecule has 0 saturated heterocycles. The summed E-state index contributed by atoms with van der Waals surface area (Å²) in [6.45, 7) is 4.40. The molecule has 0 amide bonds. The van der Waals surface area contributed by atoms with Crippen molar-refractivity contribution in [2.45, 2.75) is 52.0 Å². The zero-order valence-corrected chi connectivity index (χ0v) is 14.0. The summed E-state index contributed by atoms with van der Waals surface area (Å²) in [6.07, 6.45) is 7.41. The third kappa shape index (κ3) is 1.94. The summed E-state index contributed by atoms with van der Waals surface area (Å²) in [5.41, 5.74) is 4.05. The van der Waals surface area contributed by atoms with Gasteiger partial charge in [0.25, 0.3) is 0 Å². The summed E-state index contributed by atoms with van der Waals surface area (Å²) in [5.74, 6) is 4.09. The lowest BCUT2D eigenvalue weighted by molar-refractivity contribution is 0.243. The lowest BCUT2D eigenvalue weighted by atomic mass is 9.79.